The summed E-state index contributed by atoms with van der Waals surface area (Å²) in [6.45, 7) is 5.60. The highest BCUT2D eigenvalue weighted by Gasteiger charge is 2.06. The van der Waals surface area contributed by atoms with Crippen LogP contribution in [0.15, 0.2) is 5.57 Å². The molecule has 1 rings (SSSR count). The van der Waals surface area contributed by atoms with Gasteiger partial charge in [-0.3, -0.25) is 0 Å². The number of aryl methyl sites for hydroxylation is 2. The van der Waals surface area contributed by atoms with Gasteiger partial charge in [-0.15, -0.1) is 0 Å². The lowest BCUT2D eigenvalue weighted by molar-refractivity contribution is -0.132. The summed E-state index contributed by atoms with van der Waals surface area (Å²) >= 11 is 0. The van der Waals surface area contributed by atoms with E-state index in [2.05, 4.69) is 9.97 Å². The van der Waals surface area contributed by atoms with Crippen LogP contribution in [0.4, 0.5) is 0 Å². The first kappa shape index (κ1) is 10.5. The third kappa shape index (κ3) is 2.22. The minimum absolute atomic E-state index is 0.360. The number of carboxylic acids is 1. The maximum Gasteiger partial charge on any atom is 0.331 e. The van der Waals surface area contributed by atoms with Gasteiger partial charge in [0.05, 0.1) is 5.69 Å². The molecule has 1 heterocycles. The number of hydrogen-bond acceptors (Lipinski definition) is 2. The molecule has 4 heteroatoms. The lowest BCUT2D eigenvalue weighted by Gasteiger charge is -1.94. The van der Waals surface area contributed by atoms with Crippen LogP contribution < -0.4 is 0 Å². The molecule has 0 atom stereocenters. The first-order valence-corrected chi connectivity index (χ1v) is 4.51. The monoisotopic (exact) mass is 194 g/mol. The highest BCUT2D eigenvalue weighted by atomic mass is 16.4. The molecule has 1 aromatic rings. The van der Waals surface area contributed by atoms with Crippen LogP contribution in [0.3, 0.4) is 0 Å². The largest absolute Gasteiger partial charge is 0.478 e. The fourth-order valence-corrected chi connectivity index (χ4v) is 1.12. The number of aromatic amines is 1. The fraction of sp³-hybridized carbons (Fsp3) is 0.400. The third-order valence-electron chi connectivity index (χ3n) is 2.11. The molecule has 0 aliphatic heterocycles. The van der Waals surface area contributed by atoms with Crippen LogP contribution in [0.1, 0.15) is 30.6 Å². The predicted octanol–water partition coefficient (Wildman–Crippen LogP) is 1.90. The summed E-state index contributed by atoms with van der Waals surface area (Å²) in [6.07, 6.45) is 2.07. The van der Waals surface area contributed by atoms with Crippen molar-refractivity contribution >= 4 is 12.0 Å². The summed E-state index contributed by atoms with van der Waals surface area (Å²) in [6, 6.07) is 0. The second kappa shape index (κ2) is 4.09. The number of carbonyl (C=O) groups is 1. The lowest BCUT2D eigenvalue weighted by Crippen LogP contribution is -1.99. The van der Waals surface area contributed by atoms with E-state index in [1.54, 1.807) is 6.08 Å². The van der Waals surface area contributed by atoms with Gasteiger partial charge in [-0.05, 0) is 26.3 Å². The molecule has 0 saturated carbocycles. The van der Waals surface area contributed by atoms with Gasteiger partial charge < -0.3 is 10.1 Å². The van der Waals surface area contributed by atoms with Gasteiger partial charge in [0.2, 0.25) is 0 Å². The molecule has 0 saturated heterocycles. The Labute approximate surface area is 82.7 Å². The second-order valence-electron chi connectivity index (χ2n) is 3.16. The SMILES string of the molecule is CC/C(=C\c1nc(C)c(C)[nH]1)C(=O)O. The topological polar surface area (TPSA) is 66.0 Å². The van der Waals surface area contributed by atoms with Crippen molar-refractivity contribution in [2.45, 2.75) is 27.2 Å². The van der Waals surface area contributed by atoms with E-state index in [-0.39, 0.29) is 0 Å². The first-order valence-electron chi connectivity index (χ1n) is 4.51. The van der Waals surface area contributed by atoms with E-state index in [4.69, 9.17) is 5.11 Å². The molecule has 0 aliphatic rings. The maximum absolute atomic E-state index is 10.7. The molecule has 4 nitrogen and oxygen atoms in total. The summed E-state index contributed by atoms with van der Waals surface area (Å²) in [4.78, 5) is 17.9. The Bertz CT molecular complexity index is 358. The van der Waals surface area contributed by atoms with Crippen molar-refractivity contribution in [2.75, 3.05) is 0 Å². The number of H-pyrrole nitrogens is 1. The Morgan fingerprint density at radius 2 is 2.21 bits per heavy atom. The van der Waals surface area contributed by atoms with Crippen molar-refractivity contribution in [2.24, 2.45) is 0 Å². The van der Waals surface area contributed by atoms with Crippen LogP contribution in [0.25, 0.3) is 6.08 Å². The van der Waals surface area contributed by atoms with Gasteiger partial charge in [0, 0.05) is 11.3 Å². The summed E-state index contributed by atoms with van der Waals surface area (Å²) < 4.78 is 0. The normalized spacial score (nSPS) is 11.8. The van der Waals surface area contributed by atoms with Gasteiger partial charge >= 0.3 is 5.97 Å². The molecule has 0 fully saturated rings. The van der Waals surface area contributed by atoms with Crippen LogP contribution in [0.5, 0.6) is 0 Å². The molecule has 1 aromatic heterocycles. The molecule has 0 aliphatic carbocycles. The van der Waals surface area contributed by atoms with Crippen molar-refractivity contribution < 1.29 is 9.90 Å². The van der Waals surface area contributed by atoms with Crippen molar-refractivity contribution in [1.82, 2.24) is 9.97 Å². The van der Waals surface area contributed by atoms with E-state index in [0.717, 1.165) is 11.4 Å². The summed E-state index contributed by atoms with van der Waals surface area (Å²) in [5, 5.41) is 8.80. The standard InChI is InChI=1S/C10H14N2O2/c1-4-8(10(13)14)5-9-11-6(2)7(3)12-9/h5H,4H2,1-3H3,(H,11,12)(H,13,14)/b8-5+. The number of rotatable bonds is 3. The van der Waals surface area contributed by atoms with Gasteiger partial charge in [0.25, 0.3) is 0 Å². The highest BCUT2D eigenvalue weighted by molar-refractivity contribution is 5.91. The van der Waals surface area contributed by atoms with Gasteiger partial charge in [-0.25, -0.2) is 9.78 Å². The Hall–Kier alpha value is -1.58. The van der Waals surface area contributed by atoms with Gasteiger partial charge in [-0.1, -0.05) is 6.92 Å². The van der Waals surface area contributed by atoms with Crippen LogP contribution in [-0.2, 0) is 4.79 Å². The van der Waals surface area contributed by atoms with Crippen molar-refractivity contribution in [3.05, 3.63) is 22.8 Å². The van der Waals surface area contributed by atoms with E-state index in [1.807, 2.05) is 20.8 Å². The average Bonchev–Trinajstić information content (AvgIpc) is 2.41. The Kier molecular flexibility index (Phi) is 3.06. The third-order valence-corrected chi connectivity index (χ3v) is 2.11. The zero-order valence-corrected chi connectivity index (χ0v) is 8.59. The molecule has 0 unspecified atom stereocenters. The minimum Gasteiger partial charge on any atom is -0.478 e. The number of aromatic nitrogens is 2. The summed E-state index contributed by atoms with van der Waals surface area (Å²) in [7, 11) is 0. The van der Waals surface area contributed by atoms with Crippen molar-refractivity contribution in [3.8, 4) is 0 Å². The molecular weight excluding hydrogens is 180 g/mol. The minimum atomic E-state index is -0.890. The van der Waals surface area contributed by atoms with Crippen LogP contribution in [0, 0.1) is 13.8 Å². The molecule has 2 N–H and O–H groups in total. The summed E-state index contributed by atoms with van der Waals surface area (Å²) in [5.41, 5.74) is 2.23. The second-order valence-corrected chi connectivity index (χ2v) is 3.16. The Balaban J connectivity index is 3.00. The smallest absolute Gasteiger partial charge is 0.331 e. The van der Waals surface area contributed by atoms with E-state index < -0.39 is 5.97 Å². The number of aliphatic carboxylic acids is 1. The number of hydrogen-bond donors (Lipinski definition) is 2. The van der Waals surface area contributed by atoms with Gasteiger partial charge in [0.1, 0.15) is 5.82 Å². The zero-order chi connectivity index (χ0) is 10.7. The Morgan fingerprint density at radius 1 is 1.57 bits per heavy atom. The van der Waals surface area contributed by atoms with Gasteiger partial charge in [0.15, 0.2) is 0 Å². The molecule has 0 radical (unpaired) electrons. The molecule has 76 valence electrons. The maximum atomic E-state index is 10.7. The van der Waals surface area contributed by atoms with E-state index in [0.29, 0.717) is 17.8 Å². The van der Waals surface area contributed by atoms with Gasteiger partial charge in [-0.2, -0.15) is 0 Å². The van der Waals surface area contributed by atoms with Crippen molar-refractivity contribution in [1.29, 1.82) is 0 Å². The number of imidazole rings is 1. The quantitative estimate of drug-likeness (QED) is 0.722. The number of nitrogens with zero attached hydrogens (tertiary/aromatic N) is 1. The first-order chi connectivity index (χ1) is 6.54. The van der Waals surface area contributed by atoms with Crippen molar-refractivity contribution in [3.63, 3.8) is 0 Å². The Morgan fingerprint density at radius 3 is 2.57 bits per heavy atom. The lowest BCUT2D eigenvalue weighted by atomic mass is 10.2. The zero-order valence-electron chi connectivity index (χ0n) is 8.59. The molecule has 14 heavy (non-hydrogen) atoms. The predicted molar refractivity (Wildman–Crippen MR) is 54.0 cm³/mol. The molecular formula is C10H14N2O2. The van der Waals surface area contributed by atoms with Crippen LogP contribution >= 0.6 is 0 Å². The van der Waals surface area contributed by atoms with Crippen LogP contribution in [-0.4, -0.2) is 21.0 Å². The number of carboxylic acid groups (broad SMARTS) is 1. The number of nitrogens with one attached hydrogen (secondary N) is 1. The molecule has 0 bridgehead atoms. The molecule has 0 amide bonds. The van der Waals surface area contributed by atoms with Crippen LogP contribution in [0.2, 0.25) is 0 Å². The van der Waals surface area contributed by atoms with E-state index in [1.165, 1.54) is 0 Å². The summed E-state index contributed by atoms with van der Waals surface area (Å²) in [5.74, 6) is -0.279. The highest BCUT2D eigenvalue weighted by Crippen LogP contribution is 2.09. The average molecular weight is 194 g/mol. The van der Waals surface area contributed by atoms with E-state index >= 15 is 0 Å². The molecule has 0 aromatic carbocycles. The van der Waals surface area contributed by atoms with E-state index in [9.17, 15) is 4.79 Å². The fourth-order valence-electron chi connectivity index (χ4n) is 1.12. The molecule has 0 spiro atoms.